The van der Waals surface area contributed by atoms with Crippen molar-refractivity contribution >= 4 is 5.91 Å². The van der Waals surface area contributed by atoms with Crippen molar-refractivity contribution in [3.05, 3.63) is 0 Å². The molecule has 0 aromatic heterocycles. The third-order valence-electron chi connectivity index (χ3n) is 2.57. The van der Waals surface area contributed by atoms with Gasteiger partial charge in [0.1, 0.15) is 0 Å². The van der Waals surface area contributed by atoms with E-state index in [-0.39, 0.29) is 17.9 Å². The number of carbonyl (C=O) groups excluding carboxylic acids is 1. The van der Waals surface area contributed by atoms with Gasteiger partial charge in [-0.1, -0.05) is 0 Å². The van der Waals surface area contributed by atoms with Crippen molar-refractivity contribution in [2.45, 2.75) is 38.2 Å². The summed E-state index contributed by atoms with van der Waals surface area (Å²) in [6.45, 7) is -0.540. The van der Waals surface area contributed by atoms with Gasteiger partial charge in [0.2, 0.25) is 5.91 Å². The molecule has 0 unspecified atom stereocenters. The third-order valence-corrected chi connectivity index (χ3v) is 2.57. The van der Waals surface area contributed by atoms with Crippen molar-refractivity contribution < 1.29 is 13.6 Å². The van der Waals surface area contributed by atoms with E-state index < -0.39 is 13.0 Å². The predicted molar refractivity (Wildman–Crippen MR) is 48.9 cm³/mol. The van der Waals surface area contributed by atoms with E-state index in [1.165, 1.54) is 0 Å². The van der Waals surface area contributed by atoms with Crippen molar-refractivity contribution in [3.63, 3.8) is 0 Å². The Kier molecular flexibility index (Phi) is 4.25. The summed E-state index contributed by atoms with van der Waals surface area (Å²) in [7, 11) is 0. The van der Waals surface area contributed by atoms with Gasteiger partial charge in [-0.2, -0.15) is 0 Å². The number of alkyl halides is 2. The van der Waals surface area contributed by atoms with E-state index in [4.69, 9.17) is 5.73 Å². The van der Waals surface area contributed by atoms with Crippen LogP contribution in [0.5, 0.6) is 0 Å². The van der Waals surface area contributed by atoms with Crippen LogP contribution < -0.4 is 11.1 Å². The molecule has 0 radical (unpaired) electrons. The quantitative estimate of drug-likeness (QED) is 0.720. The Labute approximate surface area is 82.0 Å². The molecule has 82 valence electrons. The fourth-order valence-corrected chi connectivity index (χ4v) is 1.70. The lowest BCUT2D eigenvalue weighted by molar-refractivity contribution is -0.126. The Hall–Kier alpha value is -0.710. The van der Waals surface area contributed by atoms with Crippen molar-refractivity contribution in [1.82, 2.24) is 5.32 Å². The van der Waals surface area contributed by atoms with Gasteiger partial charge < -0.3 is 11.1 Å². The minimum atomic E-state index is -2.47. The van der Waals surface area contributed by atoms with E-state index in [2.05, 4.69) is 5.32 Å². The first kappa shape index (κ1) is 11.4. The zero-order chi connectivity index (χ0) is 10.6. The Bertz CT molecular complexity index is 191. The second kappa shape index (κ2) is 5.24. The molecular formula is C9H16F2N2O. The standard InChI is InChI=1S/C9H16F2N2O/c10-8(11)5-13-9(14)6-1-3-7(12)4-2-6/h6-8H,1-5,12H2,(H,13,14). The zero-order valence-corrected chi connectivity index (χ0v) is 8.01. The predicted octanol–water partition coefficient (Wildman–Crippen LogP) is 0.885. The molecule has 1 amide bonds. The fourth-order valence-electron chi connectivity index (χ4n) is 1.70. The molecule has 1 rings (SSSR count). The average molecular weight is 206 g/mol. The second-order valence-corrected chi connectivity index (χ2v) is 3.75. The number of amides is 1. The van der Waals surface area contributed by atoms with Crippen molar-refractivity contribution in [2.75, 3.05) is 6.54 Å². The van der Waals surface area contributed by atoms with Crippen molar-refractivity contribution in [1.29, 1.82) is 0 Å². The van der Waals surface area contributed by atoms with Crippen LogP contribution in [-0.2, 0) is 4.79 Å². The normalized spacial score (nSPS) is 27.7. The van der Waals surface area contributed by atoms with E-state index in [0.717, 1.165) is 25.7 Å². The van der Waals surface area contributed by atoms with E-state index in [0.29, 0.717) is 0 Å². The van der Waals surface area contributed by atoms with Gasteiger partial charge in [0.05, 0.1) is 6.54 Å². The highest BCUT2D eigenvalue weighted by atomic mass is 19.3. The Balaban J connectivity index is 2.24. The van der Waals surface area contributed by atoms with Gasteiger partial charge in [0.25, 0.3) is 6.43 Å². The maximum Gasteiger partial charge on any atom is 0.255 e. The van der Waals surface area contributed by atoms with Crippen LogP contribution in [0.15, 0.2) is 0 Å². The molecule has 3 nitrogen and oxygen atoms in total. The van der Waals surface area contributed by atoms with Gasteiger partial charge in [-0.3, -0.25) is 4.79 Å². The smallest absolute Gasteiger partial charge is 0.255 e. The third kappa shape index (κ3) is 3.57. The zero-order valence-electron chi connectivity index (χ0n) is 8.01. The molecule has 3 N–H and O–H groups in total. The molecule has 5 heteroatoms. The van der Waals surface area contributed by atoms with Gasteiger partial charge in [-0.05, 0) is 25.7 Å². The Morgan fingerprint density at radius 2 is 1.93 bits per heavy atom. The lowest BCUT2D eigenvalue weighted by atomic mass is 9.86. The molecule has 0 saturated heterocycles. The van der Waals surface area contributed by atoms with Crippen LogP contribution >= 0.6 is 0 Å². The van der Waals surface area contributed by atoms with Crippen LogP contribution in [0.3, 0.4) is 0 Å². The van der Waals surface area contributed by atoms with Crippen LogP contribution in [0.2, 0.25) is 0 Å². The van der Waals surface area contributed by atoms with Gasteiger partial charge in [-0.15, -0.1) is 0 Å². The summed E-state index contributed by atoms with van der Waals surface area (Å²) in [5.41, 5.74) is 5.67. The highest BCUT2D eigenvalue weighted by Gasteiger charge is 2.24. The number of hydrogen-bond donors (Lipinski definition) is 2. The van der Waals surface area contributed by atoms with Gasteiger partial charge in [-0.25, -0.2) is 8.78 Å². The number of rotatable bonds is 3. The number of halogens is 2. The minimum absolute atomic E-state index is 0.117. The van der Waals surface area contributed by atoms with Crippen LogP contribution in [-0.4, -0.2) is 24.9 Å². The topological polar surface area (TPSA) is 55.1 Å². The summed E-state index contributed by atoms with van der Waals surface area (Å²) in [5, 5.41) is 2.24. The summed E-state index contributed by atoms with van der Waals surface area (Å²) < 4.78 is 23.6. The maximum atomic E-state index is 11.8. The molecule has 0 atom stereocenters. The molecule has 0 bridgehead atoms. The Morgan fingerprint density at radius 1 is 1.36 bits per heavy atom. The summed E-state index contributed by atoms with van der Waals surface area (Å²) in [5.74, 6) is -0.370. The summed E-state index contributed by atoms with van der Waals surface area (Å²) in [6, 6.07) is 0.175. The summed E-state index contributed by atoms with van der Waals surface area (Å²) in [4.78, 5) is 11.3. The molecule has 1 fully saturated rings. The fraction of sp³-hybridized carbons (Fsp3) is 0.889. The second-order valence-electron chi connectivity index (χ2n) is 3.75. The van der Waals surface area contributed by atoms with Gasteiger partial charge in [0.15, 0.2) is 0 Å². The summed E-state index contributed by atoms with van der Waals surface area (Å²) in [6.07, 6.45) is 0.594. The van der Waals surface area contributed by atoms with E-state index in [9.17, 15) is 13.6 Å². The van der Waals surface area contributed by atoms with E-state index >= 15 is 0 Å². The first-order valence-electron chi connectivity index (χ1n) is 4.91. The number of carbonyl (C=O) groups is 1. The highest BCUT2D eigenvalue weighted by Crippen LogP contribution is 2.23. The molecule has 0 aromatic rings. The molecule has 1 aliphatic rings. The average Bonchev–Trinajstić information content (AvgIpc) is 2.15. The highest BCUT2D eigenvalue weighted by molar-refractivity contribution is 5.78. The first-order chi connectivity index (χ1) is 6.59. The molecule has 0 aromatic carbocycles. The molecular weight excluding hydrogens is 190 g/mol. The van der Waals surface area contributed by atoms with Crippen LogP contribution in [0.1, 0.15) is 25.7 Å². The van der Waals surface area contributed by atoms with Crippen molar-refractivity contribution in [3.8, 4) is 0 Å². The minimum Gasteiger partial charge on any atom is -0.350 e. The number of nitrogens with one attached hydrogen (secondary N) is 1. The summed E-state index contributed by atoms with van der Waals surface area (Å²) >= 11 is 0. The maximum absolute atomic E-state index is 11.8. The molecule has 1 saturated carbocycles. The van der Waals surface area contributed by atoms with Crippen LogP contribution in [0, 0.1) is 5.92 Å². The SMILES string of the molecule is NC1CCC(C(=O)NCC(F)F)CC1. The van der Waals surface area contributed by atoms with Gasteiger partial charge >= 0.3 is 0 Å². The van der Waals surface area contributed by atoms with Crippen molar-refractivity contribution in [2.24, 2.45) is 11.7 Å². The molecule has 1 aliphatic carbocycles. The number of hydrogen-bond acceptors (Lipinski definition) is 2. The van der Waals surface area contributed by atoms with E-state index in [1.54, 1.807) is 0 Å². The van der Waals surface area contributed by atoms with Crippen LogP contribution in [0.25, 0.3) is 0 Å². The lowest BCUT2D eigenvalue weighted by Gasteiger charge is -2.25. The molecule has 0 aliphatic heterocycles. The van der Waals surface area contributed by atoms with Gasteiger partial charge in [0, 0.05) is 12.0 Å². The lowest BCUT2D eigenvalue weighted by Crippen LogP contribution is -2.38. The Morgan fingerprint density at radius 3 is 2.43 bits per heavy atom. The van der Waals surface area contributed by atoms with Crippen LogP contribution in [0.4, 0.5) is 8.78 Å². The number of nitrogens with two attached hydrogens (primary N) is 1. The molecule has 0 spiro atoms. The molecule has 0 heterocycles. The van der Waals surface area contributed by atoms with E-state index in [1.807, 2.05) is 0 Å². The first-order valence-corrected chi connectivity index (χ1v) is 4.91. The largest absolute Gasteiger partial charge is 0.350 e. The molecule has 14 heavy (non-hydrogen) atoms. The monoisotopic (exact) mass is 206 g/mol.